The fourth-order valence-corrected chi connectivity index (χ4v) is 2.15. The summed E-state index contributed by atoms with van der Waals surface area (Å²) in [6.07, 6.45) is 0. The third-order valence-corrected chi connectivity index (χ3v) is 3.03. The number of hydrogen-bond donors (Lipinski definition) is 2. The summed E-state index contributed by atoms with van der Waals surface area (Å²) in [5.41, 5.74) is 7.56. The highest BCUT2D eigenvalue weighted by Crippen LogP contribution is 2.26. The molecule has 0 aliphatic carbocycles. The van der Waals surface area contributed by atoms with Crippen molar-refractivity contribution in [1.82, 2.24) is 5.32 Å². The summed E-state index contributed by atoms with van der Waals surface area (Å²) in [6.45, 7) is 4.22. The maximum absolute atomic E-state index is 12.0. The fraction of sp³-hybridized carbons (Fsp3) is 0.462. The zero-order valence-corrected chi connectivity index (χ0v) is 10.6. The van der Waals surface area contributed by atoms with Crippen molar-refractivity contribution in [3.05, 3.63) is 24.3 Å². The molecule has 0 radical (unpaired) electrons. The Labute approximate surface area is 107 Å². The molecule has 1 amide bonds. The van der Waals surface area contributed by atoms with Crippen molar-refractivity contribution in [3.8, 4) is 0 Å². The lowest BCUT2D eigenvalue weighted by Crippen LogP contribution is -2.54. The first-order valence-corrected chi connectivity index (χ1v) is 6.20. The van der Waals surface area contributed by atoms with Crippen LogP contribution < -0.4 is 16.0 Å². The third-order valence-electron chi connectivity index (χ3n) is 3.03. The normalized spacial score (nSPS) is 19.6. The Morgan fingerprint density at radius 1 is 1.56 bits per heavy atom. The minimum atomic E-state index is -0.302. The van der Waals surface area contributed by atoms with Crippen LogP contribution in [0.2, 0.25) is 0 Å². The second-order valence-corrected chi connectivity index (χ2v) is 4.24. The number of nitrogens with two attached hydrogens (primary N) is 1. The van der Waals surface area contributed by atoms with Crippen molar-refractivity contribution in [2.75, 3.05) is 36.9 Å². The van der Waals surface area contributed by atoms with Crippen LogP contribution in [-0.2, 0) is 9.53 Å². The highest BCUT2D eigenvalue weighted by atomic mass is 16.5. The number of hydrogen-bond acceptors (Lipinski definition) is 4. The fourth-order valence-electron chi connectivity index (χ4n) is 2.15. The molecule has 1 heterocycles. The van der Waals surface area contributed by atoms with E-state index < -0.39 is 0 Å². The van der Waals surface area contributed by atoms with Crippen molar-refractivity contribution in [1.29, 1.82) is 0 Å². The number of rotatable bonds is 3. The minimum absolute atomic E-state index is 0.0135. The molecule has 1 aromatic carbocycles. The minimum Gasteiger partial charge on any atom is -0.397 e. The molecule has 1 atom stereocenters. The predicted molar refractivity (Wildman–Crippen MR) is 71.5 cm³/mol. The Balaban J connectivity index is 2.23. The average molecular weight is 249 g/mol. The molecule has 5 nitrogen and oxygen atoms in total. The lowest BCUT2D eigenvalue weighted by atomic mass is 10.1. The molecule has 0 spiro atoms. The van der Waals surface area contributed by atoms with Gasteiger partial charge < -0.3 is 20.7 Å². The number of para-hydroxylation sites is 2. The molecule has 1 aromatic rings. The van der Waals surface area contributed by atoms with Gasteiger partial charge in [-0.3, -0.25) is 4.79 Å². The van der Waals surface area contributed by atoms with Gasteiger partial charge in [-0.25, -0.2) is 0 Å². The average Bonchev–Trinajstić information content (AvgIpc) is 2.40. The number of anilines is 2. The first-order valence-electron chi connectivity index (χ1n) is 6.20. The molecule has 1 aliphatic heterocycles. The number of nitrogens with one attached hydrogen (secondary N) is 1. The number of nitrogens with zero attached hydrogens (tertiary/aromatic N) is 1. The van der Waals surface area contributed by atoms with E-state index in [2.05, 4.69) is 5.32 Å². The van der Waals surface area contributed by atoms with Gasteiger partial charge in [0.2, 0.25) is 5.91 Å². The highest BCUT2D eigenvalue weighted by molar-refractivity contribution is 5.87. The number of carbonyl (C=O) groups excluding carboxylic acids is 1. The van der Waals surface area contributed by atoms with Gasteiger partial charge in [0.05, 0.1) is 24.6 Å². The van der Waals surface area contributed by atoms with Crippen LogP contribution in [0, 0.1) is 0 Å². The maximum atomic E-state index is 12.0. The van der Waals surface area contributed by atoms with Gasteiger partial charge in [-0.1, -0.05) is 12.1 Å². The van der Waals surface area contributed by atoms with E-state index >= 15 is 0 Å². The summed E-state index contributed by atoms with van der Waals surface area (Å²) in [6, 6.07) is 7.30. The monoisotopic (exact) mass is 249 g/mol. The Hall–Kier alpha value is -1.75. The van der Waals surface area contributed by atoms with Crippen LogP contribution in [0.3, 0.4) is 0 Å². The van der Waals surface area contributed by atoms with Crippen LogP contribution >= 0.6 is 0 Å². The molecule has 18 heavy (non-hydrogen) atoms. The second-order valence-electron chi connectivity index (χ2n) is 4.24. The standard InChI is InChI=1S/C13H19N3O2/c1-2-15-13(17)12-9-18-8-7-16(12)11-6-4-3-5-10(11)14/h3-6,12H,2,7-9,14H2,1H3,(H,15,17). The quantitative estimate of drug-likeness (QED) is 0.770. The van der Waals surface area contributed by atoms with E-state index in [1.807, 2.05) is 36.1 Å². The van der Waals surface area contributed by atoms with Gasteiger partial charge in [0.1, 0.15) is 6.04 Å². The molecule has 1 saturated heterocycles. The summed E-state index contributed by atoms with van der Waals surface area (Å²) in [7, 11) is 0. The maximum Gasteiger partial charge on any atom is 0.245 e. The largest absolute Gasteiger partial charge is 0.397 e. The lowest BCUT2D eigenvalue weighted by molar-refractivity contribution is -0.124. The van der Waals surface area contributed by atoms with Crippen LogP contribution in [0.4, 0.5) is 11.4 Å². The van der Waals surface area contributed by atoms with Crippen molar-refractivity contribution in [2.45, 2.75) is 13.0 Å². The molecule has 0 aromatic heterocycles. The van der Waals surface area contributed by atoms with Crippen molar-refractivity contribution in [3.63, 3.8) is 0 Å². The van der Waals surface area contributed by atoms with Gasteiger partial charge >= 0.3 is 0 Å². The number of ether oxygens (including phenoxy) is 1. The Kier molecular flexibility index (Phi) is 4.04. The zero-order chi connectivity index (χ0) is 13.0. The number of morpholine rings is 1. The smallest absolute Gasteiger partial charge is 0.245 e. The predicted octanol–water partition coefficient (Wildman–Crippen LogP) is 0.610. The summed E-state index contributed by atoms with van der Waals surface area (Å²) in [4.78, 5) is 14.0. The topological polar surface area (TPSA) is 67.6 Å². The number of benzene rings is 1. The summed E-state index contributed by atoms with van der Waals surface area (Å²) < 4.78 is 5.40. The van der Waals surface area contributed by atoms with E-state index in [0.717, 1.165) is 5.69 Å². The third kappa shape index (κ3) is 2.56. The molecule has 1 aliphatic rings. The van der Waals surface area contributed by atoms with Crippen LogP contribution in [0.15, 0.2) is 24.3 Å². The van der Waals surface area contributed by atoms with Gasteiger partial charge in [-0.15, -0.1) is 0 Å². The van der Waals surface area contributed by atoms with Crippen LogP contribution in [0.1, 0.15) is 6.92 Å². The SMILES string of the molecule is CCNC(=O)C1COCCN1c1ccccc1N. The molecule has 2 rings (SSSR count). The lowest BCUT2D eigenvalue weighted by Gasteiger charge is -2.36. The van der Waals surface area contributed by atoms with Gasteiger partial charge in [0, 0.05) is 13.1 Å². The molecule has 3 N–H and O–H groups in total. The first kappa shape index (κ1) is 12.7. The highest BCUT2D eigenvalue weighted by Gasteiger charge is 2.30. The Bertz CT molecular complexity index is 422. The van der Waals surface area contributed by atoms with Crippen molar-refractivity contribution < 1.29 is 9.53 Å². The van der Waals surface area contributed by atoms with E-state index in [9.17, 15) is 4.79 Å². The molecule has 1 fully saturated rings. The first-order chi connectivity index (χ1) is 8.74. The molecule has 98 valence electrons. The van der Waals surface area contributed by atoms with Crippen molar-refractivity contribution in [2.24, 2.45) is 0 Å². The molecule has 0 saturated carbocycles. The Morgan fingerprint density at radius 2 is 2.33 bits per heavy atom. The number of amides is 1. The zero-order valence-electron chi connectivity index (χ0n) is 10.6. The van der Waals surface area contributed by atoms with E-state index in [-0.39, 0.29) is 11.9 Å². The van der Waals surface area contributed by atoms with Crippen LogP contribution in [-0.4, -0.2) is 38.3 Å². The number of likely N-dealkylation sites (N-methyl/N-ethyl adjacent to an activating group) is 1. The summed E-state index contributed by atoms with van der Waals surface area (Å²) in [5, 5.41) is 2.83. The van der Waals surface area contributed by atoms with Gasteiger partial charge in [-0.2, -0.15) is 0 Å². The Morgan fingerprint density at radius 3 is 3.06 bits per heavy atom. The van der Waals surface area contributed by atoms with Crippen LogP contribution in [0.25, 0.3) is 0 Å². The molecule has 1 unspecified atom stereocenters. The van der Waals surface area contributed by atoms with E-state index in [0.29, 0.717) is 32.0 Å². The van der Waals surface area contributed by atoms with Gasteiger partial charge in [-0.05, 0) is 19.1 Å². The number of nitrogen functional groups attached to an aromatic ring is 1. The van der Waals surface area contributed by atoms with Crippen molar-refractivity contribution >= 4 is 17.3 Å². The molecular formula is C13H19N3O2. The van der Waals surface area contributed by atoms with E-state index in [1.165, 1.54) is 0 Å². The summed E-state index contributed by atoms with van der Waals surface area (Å²) in [5.74, 6) is -0.0135. The van der Waals surface area contributed by atoms with Crippen LogP contribution in [0.5, 0.6) is 0 Å². The molecule has 0 bridgehead atoms. The second kappa shape index (κ2) is 5.73. The number of carbonyl (C=O) groups is 1. The van der Waals surface area contributed by atoms with E-state index in [1.54, 1.807) is 0 Å². The molecular weight excluding hydrogens is 230 g/mol. The van der Waals surface area contributed by atoms with Gasteiger partial charge in [0.25, 0.3) is 0 Å². The molecule has 5 heteroatoms. The summed E-state index contributed by atoms with van der Waals surface area (Å²) >= 11 is 0. The van der Waals surface area contributed by atoms with E-state index in [4.69, 9.17) is 10.5 Å². The van der Waals surface area contributed by atoms with Gasteiger partial charge in [0.15, 0.2) is 0 Å².